The summed E-state index contributed by atoms with van der Waals surface area (Å²) in [5.41, 5.74) is 0. The molecule has 0 saturated heterocycles. The van der Waals surface area contributed by atoms with Gasteiger partial charge in [0.25, 0.3) is 0 Å². The molecule has 0 saturated carbocycles. The number of nitrogens with zero attached hydrogens (tertiary/aromatic N) is 2. The van der Waals surface area contributed by atoms with Gasteiger partial charge >= 0.3 is 0 Å². The predicted octanol–water partition coefficient (Wildman–Crippen LogP) is 1.83. The molecule has 0 bridgehead atoms. The molecule has 0 aromatic carbocycles. The summed E-state index contributed by atoms with van der Waals surface area (Å²) < 4.78 is 6.14. The maximum atomic E-state index is 5.00. The molecule has 1 aromatic heterocycles. The molecule has 0 aliphatic carbocycles. The van der Waals surface area contributed by atoms with E-state index in [0.29, 0.717) is 0 Å². The van der Waals surface area contributed by atoms with Gasteiger partial charge in [0.1, 0.15) is 4.34 Å². The van der Waals surface area contributed by atoms with Gasteiger partial charge in [-0.2, -0.15) is 0 Å². The Balaban J connectivity index is 2.00. The fraction of sp³-hybridized carbons (Fsp3) is 0.667. The predicted molar refractivity (Wildman–Crippen MR) is 83.3 cm³/mol. The molecule has 0 unspecified atom stereocenters. The summed E-state index contributed by atoms with van der Waals surface area (Å²) >= 11 is 3.49. The highest BCUT2D eigenvalue weighted by molar-refractivity contribution is 8.00. The van der Waals surface area contributed by atoms with Crippen molar-refractivity contribution in [3.05, 3.63) is 11.6 Å². The van der Waals surface area contributed by atoms with Crippen LogP contribution in [0.3, 0.4) is 0 Å². The first-order chi connectivity index (χ1) is 9.36. The van der Waals surface area contributed by atoms with Crippen molar-refractivity contribution in [1.29, 1.82) is 0 Å². The molecule has 0 aliphatic heterocycles. The zero-order valence-corrected chi connectivity index (χ0v) is 13.1. The Morgan fingerprint density at radius 3 is 2.84 bits per heavy atom. The first kappa shape index (κ1) is 16.3. The minimum absolute atomic E-state index is 0.772. The second-order valence-corrected chi connectivity index (χ2v) is 6.01. The van der Waals surface area contributed by atoms with Crippen LogP contribution in [0.4, 0.5) is 0 Å². The van der Waals surface area contributed by atoms with E-state index in [4.69, 9.17) is 4.74 Å². The number of nitrogens with one attached hydrogen (secondary N) is 2. The number of hydrogen-bond acceptors (Lipinski definition) is 5. The van der Waals surface area contributed by atoms with Crippen LogP contribution in [-0.4, -0.2) is 50.6 Å². The van der Waals surface area contributed by atoms with Gasteiger partial charge < -0.3 is 15.4 Å². The molecule has 1 aromatic rings. The van der Waals surface area contributed by atoms with E-state index in [0.717, 1.165) is 48.6 Å². The van der Waals surface area contributed by atoms with Crippen LogP contribution in [0.2, 0.25) is 0 Å². The van der Waals surface area contributed by atoms with Crippen LogP contribution in [0.5, 0.6) is 0 Å². The molecular formula is C12H22N4OS2. The number of methoxy groups -OCH3 is 1. The average Bonchev–Trinajstić information content (AvgIpc) is 2.94. The van der Waals surface area contributed by atoms with Gasteiger partial charge in [-0.15, -0.1) is 11.3 Å². The van der Waals surface area contributed by atoms with Crippen molar-refractivity contribution in [1.82, 2.24) is 15.6 Å². The monoisotopic (exact) mass is 302 g/mol. The van der Waals surface area contributed by atoms with Gasteiger partial charge in [0.05, 0.1) is 0 Å². The first-order valence-electron chi connectivity index (χ1n) is 6.32. The van der Waals surface area contributed by atoms with Crippen LogP contribution in [0.15, 0.2) is 20.9 Å². The third-order valence-electron chi connectivity index (χ3n) is 2.29. The Morgan fingerprint density at radius 2 is 2.21 bits per heavy atom. The zero-order valence-electron chi connectivity index (χ0n) is 11.5. The fourth-order valence-corrected chi connectivity index (χ4v) is 3.01. The van der Waals surface area contributed by atoms with E-state index >= 15 is 0 Å². The van der Waals surface area contributed by atoms with Gasteiger partial charge in [0, 0.05) is 51.2 Å². The number of thiazole rings is 1. The lowest BCUT2D eigenvalue weighted by atomic mass is 10.4. The van der Waals surface area contributed by atoms with E-state index in [-0.39, 0.29) is 0 Å². The van der Waals surface area contributed by atoms with E-state index in [1.54, 1.807) is 37.3 Å². The van der Waals surface area contributed by atoms with Crippen molar-refractivity contribution < 1.29 is 4.74 Å². The summed E-state index contributed by atoms with van der Waals surface area (Å²) in [7, 11) is 3.50. The van der Waals surface area contributed by atoms with Crippen LogP contribution in [0.25, 0.3) is 0 Å². The molecule has 5 nitrogen and oxygen atoms in total. The molecule has 0 amide bonds. The zero-order chi connectivity index (χ0) is 13.8. The number of ether oxygens (including phenoxy) is 1. The Kier molecular flexibility index (Phi) is 9.48. The first-order valence-corrected chi connectivity index (χ1v) is 8.19. The fourth-order valence-electron chi connectivity index (χ4n) is 1.36. The Hall–Kier alpha value is -0.790. The van der Waals surface area contributed by atoms with Crippen molar-refractivity contribution >= 4 is 29.1 Å². The lowest BCUT2D eigenvalue weighted by Gasteiger charge is -2.11. The maximum absolute atomic E-state index is 5.00. The minimum atomic E-state index is 0.772. The molecule has 108 valence electrons. The van der Waals surface area contributed by atoms with Crippen LogP contribution in [-0.2, 0) is 4.74 Å². The van der Waals surface area contributed by atoms with Gasteiger partial charge in [0.2, 0.25) is 0 Å². The SMILES string of the molecule is CN=C(NCCCOC)NCCCSc1nccs1. The van der Waals surface area contributed by atoms with Crippen molar-refractivity contribution in [2.75, 3.05) is 39.6 Å². The summed E-state index contributed by atoms with van der Waals surface area (Å²) in [4.78, 5) is 8.41. The number of thioether (sulfide) groups is 1. The highest BCUT2D eigenvalue weighted by atomic mass is 32.2. The van der Waals surface area contributed by atoms with Gasteiger partial charge in [-0.3, -0.25) is 4.99 Å². The Morgan fingerprint density at radius 1 is 1.42 bits per heavy atom. The van der Waals surface area contributed by atoms with Gasteiger partial charge in [0.15, 0.2) is 5.96 Å². The molecule has 0 atom stereocenters. The average molecular weight is 302 g/mol. The third-order valence-corrected chi connectivity index (χ3v) is 4.34. The molecule has 7 heteroatoms. The van der Waals surface area contributed by atoms with Gasteiger partial charge in [-0.25, -0.2) is 4.98 Å². The lowest BCUT2D eigenvalue weighted by Crippen LogP contribution is -2.38. The molecular weight excluding hydrogens is 280 g/mol. The summed E-state index contributed by atoms with van der Waals surface area (Å²) in [5, 5.41) is 8.55. The van der Waals surface area contributed by atoms with Gasteiger partial charge in [-0.05, 0) is 12.8 Å². The topological polar surface area (TPSA) is 58.5 Å². The van der Waals surface area contributed by atoms with Crippen LogP contribution in [0.1, 0.15) is 12.8 Å². The van der Waals surface area contributed by atoms with E-state index in [1.165, 1.54) is 0 Å². The van der Waals surface area contributed by atoms with E-state index in [2.05, 4.69) is 20.6 Å². The lowest BCUT2D eigenvalue weighted by molar-refractivity contribution is 0.195. The quantitative estimate of drug-likeness (QED) is 0.315. The number of aromatic nitrogens is 1. The highest BCUT2D eigenvalue weighted by Crippen LogP contribution is 2.20. The van der Waals surface area contributed by atoms with Crippen molar-refractivity contribution in [3.8, 4) is 0 Å². The minimum Gasteiger partial charge on any atom is -0.385 e. The summed E-state index contributed by atoms with van der Waals surface area (Å²) in [5.74, 6) is 1.93. The van der Waals surface area contributed by atoms with Crippen LogP contribution < -0.4 is 10.6 Å². The number of aliphatic imine (C=N–C) groups is 1. The van der Waals surface area contributed by atoms with Crippen molar-refractivity contribution in [3.63, 3.8) is 0 Å². The molecule has 1 rings (SSSR count). The summed E-state index contributed by atoms with van der Waals surface area (Å²) in [6, 6.07) is 0. The molecule has 0 fully saturated rings. The molecule has 0 spiro atoms. The molecule has 2 N–H and O–H groups in total. The smallest absolute Gasteiger partial charge is 0.190 e. The standard InChI is InChI=1S/C12H22N4OS2/c1-13-11(14-5-3-8-17-2)15-6-4-9-18-12-16-7-10-19-12/h7,10H,3-6,8-9H2,1-2H3,(H2,13,14,15). The summed E-state index contributed by atoms with van der Waals surface area (Å²) in [6.45, 7) is 2.57. The number of rotatable bonds is 9. The normalized spacial score (nSPS) is 11.6. The van der Waals surface area contributed by atoms with Crippen molar-refractivity contribution in [2.24, 2.45) is 4.99 Å². The second-order valence-electron chi connectivity index (χ2n) is 3.77. The molecule has 0 radical (unpaired) electrons. The van der Waals surface area contributed by atoms with Crippen LogP contribution >= 0.6 is 23.1 Å². The highest BCUT2D eigenvalue weighted by Gasteiger charge is 1.98. The molecule has 19 heavy (non-hydrogen) atoms. The molecule has 1 heterocycles. The van der Waals surface area contributed by atoms with E-state index in [1.807, 2.05) is 11.6 Å². The second kappa shape index (κ2) is 11.1. The number of hydrogen-bond donors (Lipinski definition) is 2. The van der Waals surface area contributed by atoms with Crippen molar-refractivity contribution in [2.45, 2.75) is 17.2 Å². The third kappa shape index (κ3) is 8.07. The van der Waals surface area contributed by atoms with E-state index < -0.39 is 0 Å². The Labute approximate surface area is 123 Å². The number of guanidine groups is 1. The van der Waals surface area contributed by atoms with Gasteiger partial charge in [-0.1, -0.05) is 11.8 Å². The Bertz CT molecular complexity index is 344. The maximum Gasteiger partial charge on any atom is 0.190 e. The largest absolute Gasteiger partial charge is 0.385 e. The molecule has 0 aliphatic rings. The van der Waals surface area contributed by atoms with Crippen LogP contribution in [0, 0.1) is 0 Å². The van der Waals surface area contributed by atoms with E-state index in [9.17, 15) is 0 Å². The summed E-state index contributed by atoms with van der Waals surface area (Å²) in [6.07, 6.45) is 3.91.